The molecule has 1 aliphatic carbocycles. The van der Waals surface area contributed by atoms with Crippen molar-refractivity contribution in [1.82, 2.24) is 15.3 Å². The average Bonchev–Trinajstić information content (AvgIpc) is 3.21. The summed E-state index contributed by atoms with van der Waals surface area (Å²) in [6, 6.07) is 6.34. The third-order valence-corrected chi connectivity index (χ3v) is 6.64. The van der Waals surface area contributed by atoms with Gasteiger partial charge in [0, 0.05) is 11.6 Å². The van der Waals surface area contributed by atoms with E-state index in [1.807, 2.05) is 0 Å². The quantitative estimate of drug-likeness (QED) is 0.432. The fourth-order valence-electron chi connectivity index (χ4n) is 3.80. The molecule has 36 heavy (non-hydrogen) atoms. The predicted molar refractivity (Wildman–Crippen MR) is 129 cm³/mol. The van der Waals surface area contributed by atoms with E-state index in [0.29, 0.717) is 28.6 Å². The summed E-state index contributed by atoms with van der Waals surface area (Å²) >= 11 is 1.13. The number of rotatable bonds is 7. The van der Waals surface area contributed by atoms with Crippen LogP contribution in [0.5, 0.6) is 5.06 Å². The Kier molecular flexibility index (Phi) is 7.58. The van der Waals surface area contributed by atoms with Gasteiger partial charge in [-0.3, -0.25) is 14.9 Å². The Labute approximate surface area is 210 Å². The number of anilines is 1. The highest BCUT2D eigenvalue weighted by atomic mass is 32.1. The number of hydrogen-bond donors (Lipinski definition) is 2. The zero-order valence-corrected chi connectivity index (χ0v) is 20.6. The van der Waals surface area contributed by atoms with Crippen molar-refractivity contribution in [3.63, 3.8) is 0 Å². The normalized spacial score (nSPS) is 14.4. The van der Waals surface area contributed by atoms with Gasteiger partial charge in [0.2, 0.25) is 5.06 Å². The van der Waals surface area contributed by atoms with E-state index >= 15 is 0 Å². The molecule has 0 aliphatic heterocycles. The Bertz CT molecular complexity index is 1260. The molecule has 11 heteroatoms. The first-order chi connectivity index (χ1) is 17.1. The van der Waals surface area contributed by atoms with Crippen LogP contribution in [0.25, 0.3) is 11.3 Å². The largest absolute Gasteiger partial charge is 0.479 e. The molecule has 0 spiro atoms. The third kappa shape index (κ3) is 6.01. The lowest BCUT2D eigenvalue weighted by Crippen LogP contribution is -2.52. The zero-order valence-electron chi connectivity index (χ0n) is 19.7. The van der Waals surface area contributed by atoms with E-state index in [2.05, 4.69) is 20.6 Å². The minimum atomic E-state index is -1.49. The molecule has 4 rings (SSSR count). The molecule has 1 aromatic carbocycles. The number of ether oxygens (including phenoxy) is 1. The van der Waals surface area contributed by atoms with Crippen molar-refractivity contribution >= 4 is 28.3 Å². The van der Waals surface area contributed by atoms with Crippen molar-refractivity contribution < 1.29 is 27.5 Å². The van der Waals surface area contributed by atoms with Gasteiger partial charge >= 0.3 is 0 Å². The van der Waals surface area contributed by atoms with Crippen LogP contribution in [0.1, 0.15) is 56.4 Å². The fourth-order valence-corrected chi connectivity index (χ4v) is 4.70. The smallest absolute Gasteiger partial charge is 0.273 e. The first-order valence-electron chi connectivity index (χ1n) is 11.5. The Balaban J connectivity index is 1.53. The minimum absolute atomic E-state index is 0.0239. The Morgan fingerprint density at radius 3 is 2.42 bits per heavy atom. The van der Waals surface area contributed by atoms with E-state index in [9.17, 15) is 22.8 Å². The van der Waals surface area contributed by atoms with Crippen molar-refractivity contribution in [3.05, 3.63) is 59.7 Å². The fraction of sp³-hybridized carbons (Fsp3) is 0.360. The lowest BCUT2D eigenvalue weighted by atomic mass is 9.98. The van der Waals surface area contributed by atoms with Gasteiger partial charge in [0.15, 0.2) is 16.6 Å². The molecular formula is C25H25F3N4O3S. The molecule has 1 saturated carbocycles. The van der Waals surface area contributed by atoms with E-state index < -0.39 is 34.7 Å². The molecule has 2 aromatic heterocycles. The van der Waals surface area contributed by atoms with Gasteiger partial charge < -0.3 is 10.1 Å². The molecule has 0 radical (unpaired) electrons. The lowest BCUT2D eigenvalue weighted by Gasteiger charge is -2.24. The van der Waals surface area contributed by atoms with Crippen LogP contribution in [0.15, 0.2) is 36.5 Å². The van der Waals surface area contributed by atoms with Crippen LogP contribution in [-0.2, 0) is 4.79 Å². The summed E-state index contributed by atoms with van der Waals surface area (Å²) in [5.74, 6) is -4.05. The molecule has 2 heterocycles. The molecule has 190 valence electrons. The first kappa shape index (κ1) is 25.6. The van der Waals surface area contributed by atoms with Crippen molar-refractivity contribution in [2.45, 2.75) is 57.6 Å². The van der Waals surface area contributed by atoms with Crippen molar-refractivity contribution in [2.24, 2.45) is 0 Å². The molecule has 0 atom stereocenters. The molecular weight excluding hydrogens is 493 g/mol. The van der Waals surface area contributed by atoms with Crippen LogP contribution < -0.4 is 15.4 Å². The minimum Gasteiger partial charge on any atom is -0.479 e. The maximum Gasteiger partial charge on any atom is 0.273 e. The standard InChI is InChI=1S/C25H25F3N4O3S/c1-25(2,32-21(33)20-18(28)12-16(27)13-29-20)23(34)31-24-30-19(14-8-10-15(26)11-9-14)22(36-24)35-17-6-4-3-5-7-17/h8-13,17H,3-7H2,1-2H3,(H,32,33)(H,30,31,34). The van der Waals surface area contributed by atoms with Gasteiger partial charge in [-0.15, -0.1) is 0 Å². The number of carbonyl (C=O) groups excluding carboxylic acids is 2. The first-order valence-corrected chi connectivity index (χ1v) is 12.3. The van der Waals surface area contributed by atoms with Crippen LogP contribution in [-0.4, -0.2) is 33.4 Å². The second-order valence-electron chi connectivity index (χ2n) is 9.06. The SMILES string of the molecule is CC(C)(NC(=O)c1ncc(F)cc1F)C(=O)Nc1nc(-c2ccc(F)cc2)c(OC2CCCCC2)s1. The Hall–Kier alpha value is -3.47. The van der Waals surface area contributed by atoms with Crippen LogP contribution >= 0.6 is 11.3 Å². The average molecular weight is 519 g/mol. The second kappa shape index (κ2) is 10.7. The second-order valence-corrected chi connectivity index (χ2v) is 10.0. The molecule has 2 amide bonds. The highest BCUT2D eigenvalue weighted by Gasteiger charge is 2.32. The third-order valence-electron chi connectivity index (χ3n) is 5.78. The molecule has 1 aliphatic rings. The lowest BCUT2D eigenvalue weighted by molar-refractivity contribution is -0.120. The number of hydrogen-bond acceptors (Lipinski definition) is 6. The van der Waals surface area contributed by atoms with Crippen LogP contribution in [0, 0.1) is 17.5 Å². The Morgan fingerprint density at radius 1 is 1.06 bits per heavy atom. The van der Waals surface area contributed by atoms with Gasteiger partial charge in [0.25, 0.3) is 11.8 Å². The van der Waals surface area contributed by atoms with E-state index in [-0.39, 0.29) is 17.1 Å². The van der Waals surface area contributed by atoms with Crippen LogP contribution in [0.4, 0.5) is 18.3 Å². The summed E-state index contributed by atoms with van der Waals surface area (Å²) < 4.78 is 46.7. The summed E-state index contributed by atoms with van der Waals surface area (Å²) in [6.45, 7) is 2.85. The van der Waals surface area contributed by atoms with E-state index in [0.717, 1.165) is 43.4 Å². The molecule has 0 bridgehead atoms. The van der Waals surface area contributed by atoms with Crippen molar-refractivity contribution in [3.8, 4) is 16.3 Å². The molecule has 7 nitrogen and oxygen atoms in total. The summed E-state index contributed by atoms with van der Waals surface area (Å²) in [5, 5.41) is 5.80. The van der Waals surface area contributed by atoms with Gasteiger partial charge in [-0.2, -0.15) is 0 Å². The monoisotopic (exact) mass is 518 g/mol. The number of benzene rings is 1. The number of thiazole rings is 1. The summed E-state index contributed by atoms with van der Waals surface area (Å²) in [7, 11) is 0. The van der Waals surface area contributed by atoms with Crippen molar-refractivity contribution in [1.29, 1.82) is 0 Å². The van der Waals surface area contributed by atoms with Crippen molar-refractivity contribution in [2.75, 3.05) is 5.32 Å². The summed E-state index contributed by atoms with van der Waals surface area (Å²) in [6.07, 6.45) is 5.85. The number of pyridine rings is 1. The number of aromatic nitrogens is 2. The van der Waals surface area contributed by atoms with Gasteiger partial charge in [-0.05, 0) is 63.8 Å². The van der Waals surface area contributed by atoms with E-state index in [1.54, 1.807) is 12.1 Å². The van der Waals surface area contributed by atoms with Gasteiger partial charge in [0.05, 0.1) is 12.3 Å². The molecule has 0 unspecified atom stereocenters. The molecule has 3 aromatic rings. The number of nitrogens with zero attached hydrogens (tertiary/aromatic N) is 2. The molecule has 1 fully saturated rings. The van der Waals surface area contributed by atoms with Crippen LogP contribution in [0.2, 0.25) is 0 Å². The van der Waals surface area contributed by atoms with E-state index in [4.69, 9.17) is 4.74 Å². The summed E-state index contributed by atoms with van der Waals surface area (Å²) in [5.41, 5.74) is -1.02. The number of amides is 2. The van der Waals surface area contributed by atoms with Gasteiger partial charge in [0.1, 0.15) is 22.9 Å². The number of carbonyl (C=O) groups is 2. The topological polar surface area (TPSA) is 93.2 Å². The van der Waals surface area contributed by atoms with Gasteiger partial charge in [-0.1, -0.05) is 17.8 Å². The molecule has 2 N–H and O–H groups in total. The predicted octanol–water partition coefficient (Wildman–Crippen LogP) is 5.48. The maximum absolute atomic E-state index is 13.9. The number of nitrogens with one attached hydrogen (secondary N) is 2. The maximum atomic E-state index is 13.9. The molecule has 0 saturated heterocycles. The number of halogens is 3. The van der Waals surface area contributed by atoms with Gasteiger partial charge in [-0.25, -0.2) is 23.1 Å². The summed E-state index contributed by atoms with van der Waals surface area (Å²) in [4.78, 5) is 33.4. The van der Waals surface area contributed by atoms with E-state index in [1.165, 1.54) is 26.0 Å². The Morgan fingerprint density at radius 2 is 1.75 bits per heavy atom. The zero-order chi connectivity index (χ0) is 25.9. The highest BCUT2D eigenvalue weighted by molar-refractivity contribution is 7.18. The highest BCUT2D eigenvalue weighted by Crippen LogP contribution is 2.40. The van der Waals surface area contributed by atoms with Crippen LogP contribution in [0.3, 0.4) is 0 Å².